The number of nitrogens with one attached hydrogen (secondary N) is 1. The fourth-order valence-corrected chi connectivity index (χ4v) is 1.38. The van der Waals surface area contributed by atoms with Crippen molar-refractivity contribution in [3.63, 3.8) is 0 Å². The van der Waals surface area contributed by atoms with Gasteiger partial charge in [0.1, 0.15) is 12.3 Å². The van der Waals surface area contributed by atoms with E-state index in [4.69, 9.17) is 15.6 Å². The summed E-state index contributed by atoms with van der Waals surface area (Å²) in [6.45, 7) is 0.635. The number of hydrogen-bond donors (Lipinski definition) is 3. The highest BCUT2D eigenvalue weighted by Gasteiger charge is 2.20. The van der Waals surface area contributed by atoms with Gasteiger partial charge in [0.25, 0.3) is 0 Å². The normalized spacial score (nSPS) is 23.1. The van der Waals surface area contributed by atoms with E-state index >= 15 is 0 Å². The lowest BCUT2D eigenvalue weighted by molar-refractivity contribution is -0.141. The quantitative estimate of drug-likeness (QED) is 0.584. The molecule has 6 nitrogen and oxygen atoms in total. The van der Waals surface area contributed by atoms with Crippen LogP contribution in [0.5, 0.6) is 0 Å². The molecule has 0 saturated carbocycles. The van der Waals surface area contributed by atoms with Gasteiger partial charge >= 0.3 is 5.97 Å². The second kappa shape index (κ2) is 5.67. The summed E-state index contributed by atoms with van der Waals surface area (Å²) in [6, 6.07) is -1.14. The lowest BCUT2D eigenvalue weighted by Crippen LogP contribution is -2.43. The zero-order valence-electron chi connectivity index (χ0n) is 8.44. The summed E-state index contributed by atoms with van der Waals surface area (Å²) in [5, 5.41) is 11.1. The highest BCUT2D eigenvalue weighted by molar-refractivity contribution is 5.84. The standard InChI is InChI=1S/C9H16N2O4/c10-6(9(13)14)5-7(12)11-8-3-1-2-4-15-8/h6,8H,1-5,10H2,(H,11,12)(H,13,14)/t6-,8+/m0/s1. The number of carboxylic acid groups (broad SMARTS) is 1. The van der Waals surface area contributed by atoms with Crippen molar-refractivity contribution in [2.75, 3.05) is 6.61 Å². The molecule has 4 N–H and O–H groups in total. The lowest BCUT2D eigenvalue weighted by Gasteiger charge is -2.23. The highest BCUT2D eigenvalue weighted by Crippen LogP contribution is 2.10. The van der Waals surface area contributed by atoms with Crippen LogP contribution in [-0.4, -0.2) is 35.9 Å². The number of hydrogen-bond acceptors (Lipinski definition) is 4. The van der Waals surface area contributed by atoms with Crippen LogP contribution in [0.25, 0.3) is 0 Å². The minimum absolute atomic E-state index is 0.213. The van der Waals surface area contributed by atoms with E-state index in [-0.39, 0.29) is 18.6 Å². The van der Waals surface area contributed by atoms with Crippen LogP contribution >= 0.6 is 0 Å². The molecule has 0 spiro atoms. The molecule has 0 aromatic heterocycles. The van der Waals surface area contributed by atoms with Crippen molar-refractivity contribution in [2.24, 2.45) is 5.73 Å². The van der Waals surface area contributed by atoms with E-state index in [1.54, 1.807) is 0 Å². The Bertz CT molecular complexity index is 238. The maximum atomic E-state index is 11.3. The first-order valence-electron chi connectivity index (χ1n) is 4.99. The van der Waals surface area contributed by atoms with Gasteiger partial charge in [-0.05, 0) is 19.3 Å². The van der Waals surface area contributed by atoms with Crippen LogP contribution in [-0.2, 0) is 14.3 Å². The van der Waals surface area contributed by atoms with E-state index in [2.05, 4.69) is 5.32 Å². The van der Waals surface area contributed by atoms with Gasteiger partial charge in [-0.1, -0.05) is 0 Å². The second-order valence-corrected chi connectivity index (χ2v) is 3.57. The zero-order valence-corrected chi connectivity index (χ0v) is 8.44. The Hall–Kier alpha value is -1.14. The van der Waals surface area contributed by atoms with Crippen LogP contribution in [0.4, 0.5) is 0 Å². The summed E-state index contributed by atoms with van der Waals surface area (Å²) in [6.07, 6.45) is 2.28. The molecule has 0 bridgehead atoms. The third kappa shape index (κ3) is 4.26. The summed E-state index contributed by atoms with van der Waals surface area (Å²) in [5.41, 5.74) is 5.22. The monoisotopic (exact) mass is 216 g/mol. The molecule has 1 aliphatic rings. The minimum Gasteiger partial charge on any atom is -0.480 e. The first kappa shape index (κ1) is 11.9. The third-order valence-electron chi connectivity index (χ3n) is 2.22. The number of amides is 1. The SMILES string of the molecule is N[C@@H](CC(=O)N[C@H]1CCCCO1)C(=O)O. The highest BCUT2D eigenvalue weighted by atomic mass is 16.5. The molecular formula is C9H16N2O4. The molecule has 86 valence electrons. The smallest absolute Gasteiger partial charge is 0.321 e. The maximum absolute atomic E-state index is 11.3. The van der Waals surface area contributed by atoms with Crippen LogP contribution in [0.2, 0.25) is 0 Å². The molecule has 0 aromatic rings. The summed E-state index contributed by atoms with van der Waals surface area (Å²) >= 11 is 0. The molecular weight excluding hydrogens is 200 g/mol. The van der Waals surface area contributed by atoms with Gasteiger partial charge < -0.3 is 20.9 Å². The van der Waals surface area contributed by atoms with Gasteiger partial charge in [-0.15, -0.1) is 0 Å². The number of carboxylic acids is 1. The summed E-state index contributed by atoms with van der Waals surface area (Å²) in [7, 11) is 0. The predicted octanol–water partition coefficient (Wildman–Crippen LogP) is -0.569. The molecule has 1 fully saturated rings. The number of carbonyl (C=O) groups excluding carboxylic acids is 1. The topological polar surface area (TPSA) is 102 Å². The van der Waals surface area contributed by atoms with Crippen LogP contribution in [0.1, 0.15) is 25.7 Å². The van der Waals surface area contributed by atoms with Crippen molar-refractivity contribution in [3.8, 4) is 0 Å². The van der Waals surface area contributed by atoms with Gasteiger partial charge in [-0.2, -0.15) is 0 Å². The van der Waals surface area contributed by atoms with Gasteiger partial charge in [0, 0.05) is 6.61 Å². The van der Waals surface area contributed by atoms with Crippen LogP contribution in [0, 0.1) is 0 Å². The van der Waals surface area contributed by atoms with Crippen LogP contribution < -0.4 is 11.1 Å². The summed E-state index contributed by atoms with van der Waals surface area (Å²) in [5.74, 6) is -1.55. The molecule has 0 unspecified atom stereocenters. The van der Waals surface area contributed by atoms with Crippen molar-refractivity contribution in [2.45, 2.75) is 38.0 Å². The van der Waals surface area contributed by atoms with Gasteiger partial charge in [0.2, 0.25) is 5.91 Å². The van der Waals surface area contributed by atoms with Gasteiger partial charge in [0.05, 0.1) is 6.42 Å². The fraction of sp³-hybridized carbons (Fsp3) is 0.778. The van der Waals surface area contributed by atoms with Gasteiger partial charge in [-0.3, -0.25) is 9.59 Å². The largest absolute Gasteiger partial charge is 0.480 e. The first-order valence-corrected chi connectivity index (χ1v) is 4.99. The zero-order chi connectivity index (χ0) is 11.3. The van der Waals surface area contributed by atoms with Crippen molar-refractivity contribution >= 4 is 11.9 Å². The Morgan fingerprint density at radius 1 is 1.53 bits per heavy atom. The average Bonchev–Trinajstić information content (AvgIpc) is 2.18. The molecule has 0 aromatic carbocycles. The maximum Gasteiger partial charge on any atom is 0.321 e. The van der Waals surface area contributed by atoms with E-state index in [0.717, 1.165) is 19.3 Å². The Kier molecular flexibility index (Phi) is 4.51. The second-order valence-electron chi connectivity index (χ2n) is 3.57. The minimum atomic E-state index is -1.17. The summed E-state index contributed by atoms with van der Waals surface area (Å²) in [4.78, 5) is 21.7. The molecule has 1 heterocycles. The molecule has 1 saturated heterocycles. The Morgan fingerprint density at radius 3 is 2.80 bits per heavy atom. The molecule has 15 heavy (non-hydrogen) atoms. The van der Waals surface area contributed by atoms with E-state index < -0.39 is 12.0 Å². The van der Waals surface area contributed by atoms with E-state index in [1.165, 1.54) is 0 Å². The number of aliphatic carboxylic acids is 1. The van der Waals surface area contributed by atoms with Crippen LogP contribution in [0.15, 0.2) is 0 Å². The molecule has 2 atom stereocenters. The van der Waals surface area contributed by atoms with Gasteiger partial charge in [-0.25, -0.2) is 0 Å². The molecule has 0 aliphatic carbocycles. The Morgan fingerprint density at radius 2 is 2.27 bits per heavy atom. The number of ether oxygens (including phenoxy) is 1. The van der Waals surface area contributed by atoms with Gasteiger partial charge in [0.15, 0.2) is 0 Å². The van der Waals surface area contributed by atoms with Crippen molar-refractivity contribution < 1.29 is 19.4 Å². The van der Waals surface area contributed by atoms with Crippen LogP contribution in [0.3, 0.4) is 0 Å². The predicted molar refractivity (Wildman–Crippen MR) is 52.0 cm³/mol. The molecule has 1 amide bonds. The lowest BCUT2D eigenvalue weighted by atomic mass is 10.1. The number of carbonyl (C=O) groups is 2. The van der Waals surface area contributed by atoms with Crippen molar-refractivity contribution in [1.82, 2.24) is 5.32 Å². The Balaban J connectivity index is 2.25. The molecule has 0 radical (unpaired) electrons. The van der Waals surface area contributed by atoms with E-state index in [0.29, 0.717) is 6.61 Å². The Labute approximate surface area is 87.8 Å². The molecule has 6 heteroatoms. The first-order chi connectivity index (χ1) is 7.09. The molecule has 1 aliphatic heterocycles. The van der Waals surface area contributed by atoms with E-state index in [9.17, 15) is 9.59 Å². The number of nitrogens with two attached hydrogens (primary N) is 1. The van der Waals surface area contributed by atoms with E-state index in [1.807, 2.05) is 0 Å². The summed E-state index contributed by atoms with van der Waals surface area (Å²) < 4.78 is 5.27. The van der Waals surface area contributed by atoms with Crippen molar-refractivity contribution in [1.29, 1.82) is 0 Å². The third-order valence-corrected chi connectivity index (χ3v) is 2.22. The number of rotatable bonds is 4. The van der Waals surface area contributed by atoms with Crippen molar-refractivity contribution in [3.05, 3.63) is 0 Å². The average molecular weight is 216 g/mol. The fourth-order valence-electron chi connectivity index (χ4n) is 1.38. The molecule has 1 rings (SSSR count).